The maximum absolute atomic E-state index is 2.30. The van der Waals surface area contributed by atoms with E-state index in [-0.39, 0.29) is 6.15 Å². The van der Waals surface area contributed by atoms with Gasteiger partial charge < -0.3 is 6.15 Å². The molecule has 0 saturated carbocycles. The minimum Gasteiger partial charge on any atom is -0.344 e. The van der Waals surface area contributed by atoms with Crippen LogP contribution in [0, 0.1) is 0 Å². The van der Waals surface area contributed by atoms with Gasteiger partial charge in [-0.25, -0.2) is 0 Å². The molecular formula is C11H19N. The summed E-state index contributed by atoms with van der Waals surface area (Å²) in [6, 6.07) is 8.83. The third-order valence-corrected chi connectivity index (χ3v) is 2.03. The fourth-order valence-corrected chi connectivity index (χ4v) is 1.17. The lowest BCUT2D eigenvalue weighted by Gasteiger charge is -2.05. The van der Waals surface area contributed by atoms with Crippen molar-refractivity contribution in [3.8, 4) is 0 Å². The number of rotatable bonds is 2. The number of hydrogen-bond donors (Lipinski definition) is 1. The van der Waals surface area contributed by atoms with E-state index < -0.39 is 0 Å². The second-order valence-electron chi connectivity index (χ2n) is 3.25. The highest BCUT2D eigenvalue weighted by molar-refractivity contribution is 5.25. The summed E-state index contributed by atoms with van der Waals surface area (Å²) >= 11 is 0. The monoisotopic (exact) mass is 165 g/mol. The Kier molecular flexibility index (Phi) is 4.60. The first-order valence-electron chi connectivity index (χ1n) is 4.33. The topological polar surface area (TPSA) is 35.0 Å². The Bertz CT molecular complexity index is 228. The molecule has 0 aliphatic rings. The normalized spacial score (nSPS) is 9.67. The lowest BCUT2D eigenvalue weighted by Crippen LogP contribution is -1.88. The summed E-state index contributed by atoms with van der Waals surface area (Å²) in [7, 11) is 0. The van der Waals surface area contributed by atoms with Crippen molar-refractivity contribution in [3.63, 3.8) is 0 Å². The fraction of sp³-hybridized carbons (Fsp3) is 0.455. The smallest absolute Gasteiger partial charge is 0.0219 e. The molecule has 0 aliphatic carbocycles. The second kappa shape index (κ2) is 4.94. The second-order valence-corrected chi connectivity index (χ2v) is 3.25. The van der Waals surface area contributed by atoms with E-state index in [9.17, 15) is 0 Å². The average Bonchev–Trinajstić information content (AvgIpc) is 2.05. The summed E-state index contributed by atoms with van der Waals surface area (Å²) in [6.45, 7) is 6.66. The molecule has 0 amide bonds. The van der Waals surface area contributed by atoms with Crippen molar-refractivity contribution in [2.75, 3.05) is 0 Å². The minimum absolute atomic E-state index is 0. The summed E-state index contributed by atoms with van der Waals surface area (Å²) in [5, 5.41) is 0. The Balaban J connectivity index is 0.00000121. The van der Waals surface area contributed by atoms with E-state index in [0.29, 0.717) is 5.92 Å². The van der Waals surface area contributed by atoms with E-state index in [1.807, 2.05) is 0 Å². The first-order chi connectivity index (χ1) is 5.24. The maximum Gasteiger partial charge on any atom is -0.0219 e. The van der Waals surface area contributed by atoms with Crippen molar-refractivity contribution in [2.45, 2.75) is 33.1 Å². The van der Waals surface area contributed by atoms with Gasteiger partial charge in [0.05, 0.1) is 0 Å². The Labute approximate surface area is 75.4 Å². The van der Waals surface area contributed by atoms with Crippen LogP contribution in [0.1, 0.15) is 37.8 Å². The zero-order valence-electron chi connectivity index (χ0n) is 8.30. The summed E-state index contributed by atoms with van der Waals surface area (Å²) in [4.78, 5) is 0. The summed E-state index contributed by atoms with van der Waals surface area (Å²) < 4.78 is 0. The van der Waals surface area contributed by atoms with Gasteiger partial charge in [-0.3, -0.25) is 0 Å². The van der Waals surface area contributed by atoms with E-state index in [1.54, 1.807) is 0 Å². The summed E-state index contributed by atoms with van der Waals surface area (Å²) in [6.07, 6.45) is 1.14. The molecule has 12 heavy (non-hydrogen) atoms. The molecular weight excluding hydrogens is 146 g/mol. The SMILES string of the molecule is CCc1cccc(C(C)C)c1.N. The Morgan fingerprint density at radius 1 is 1.25 bits per heavy atom. The molecule has 1 rings (SSSR count). The molecule has 0 spiro atoms. The van der Waals surface area contributed by atoms with Crippen LogP contribution in [0.4, 0.5) is 0 Å². The highest BCUT2D eigenvalue weighted by Crippen LogP contribution is 2.15. The van der Waals surface area contributed by atoms with Gasteiger partial charge in [-0.05, 0) is 23.5 Å². The molecule has 3 N–H and O–H groups in total. The average molecular weight is 165 g/mol. The fourth-order valence-electron chi connectivity index (χ4n) is 1.17. The van der Waals surface area contributed by atoms with Gasteiger partial charge in [0.2, 0.25) is 0 Å². The molecule has 0 aliphatic heterocycles. The van der Waals surface area contributed by atoms with Crippen LogP contribution in [0.25, 0.3) is 0 Å². The van der Waals surface area contributed by atoms with E-state index >= 15 is 0 Å². The van der Waals surface area contributed by atoms with Crippen LogP contribution in [0.2, 0.25) is 0 Å². The van der Waals surface area contributed by atoms with Gasteiger partial charge in [0.15, 0.2) is 0 Å². The minimum atomic E-state index is 0. The molecule has 0 unspecified atom stereocenters. The molecule has 1 heteroatoms. The van der Waals surface area contributed by atoms with Crippen molar-refractivity contribution in [1.82, 2.24) is 6.15 Å². The molecule has 1 nitrogen and oxygen atoms in total. The van der Waals surface area contributed by atoms with E-state index in [2.05, 4.69) is 45.0 Å². The number of benzene rings is 1. The van der Waals surface area contributed by atoms with Gasteiger partial charge >= 0.3 is 0 Å². The molecule has 1 aromatic rings. The Morgan fingerprint density at radius 3 is 2.42 bits per heavy atom. The van der Waals surface area contributed by atoms with Crippen molar-refractivity contribution in [3.05, 3.63) is 35.4 Å². The predicted molar refractivity (Wildman–Crippen MR) is 54.9 cm³/mol. The van der Waals surface area contributed by atoms with E-state index in [4.69, 9.17) is 0 Å². The first kappa shape index (κ1) is 11.2. The van der Waals surface area contributed by atoms with Crippen LogP contribution in [-0.4, -0.2) is 0 Å². The third kappa shape index (κ3) is 2.67. The van der Waals surface area contributed by atoms with Gasteiger partial charge in [-0.2, -0.15) is 0 Å². The molecule has 1 aromatic carbocycles. The Morgan fingerprint density at radius 2 is 1.92 bits per heavy atom. The van der Waals surface area contributed by atoms with Gasteiger partial charge in [-0.15, -0.1) is 0 Å². The standard InChI is InChI=1S/C11H16.H3N/c1-4-10-6-5-7-11(8-10)9(2)3;/h5-9H,4H2,1-3H3;1H3. The molecule has 68 valence electrons. The van der Waals surface area contributed by atoms with Gasteiger partial charge in [0.1, 0.15) is 0 Å². The maximum atomic E-state index is 2.30. The van der Waals surface area contributed by atoms with Crippen molar-refractivity contribution < 1.29 is 0 Å². The van der Waals surface area contributed by atoms with Crippen molar-refractivity contribution in [1.29, 1.82) is 0 Å². The van der Waals surface area contributed by atoms with Crippen molar-refractivity contribution >= 4 is 0 Å². The largest absolute Gasteiger partial charge is 0.344 e. The van der Waals surface area contributed by atoms with Crippen LogP contribution in [0.5, 0.6) is 0 Å². The van der Waals surface area contributed by atoms with Gasteiger partial charge in [-0.1, -0.05) is 45.0 Å². The highest BCUT2D eigenvalue weighted by atomic mass is 14.0. The van der Waals surface area contributed by atoms with Gasteiger partial charge in [0, 0.05) is 0 Å². The molecule has 0 atom stereocenters. The zero-order valence-corrected chi connectivity index (χ0v) is 8.30. The van der Waals surface area contributed by atoms with Crippen LogP contribution in [0.3, 0.4) is 0 Å². The van der Waals surface area contributed by atoms with E-state index in [1.165, 1.54) is 11.1 Å². The number of hydrogen-bond acceptors (Lipinski definition) is 1. The molecule has 0 fully saturated rings. The van der Waals surface area contributed by atoms with E-state index in [0.717, 1.165) is 6.42 Å². The van der Waals surface area contributed by atoms with Crippen LogP contribution >= 0.6 is 0 Å². The third-order valence-electron chi connectivity index (χ3n) is 2.03. The molecule has 0 radical (unpaired) electrons. The van der Waals surface area contributed by atoms with Crippen LogP contribution in [0.15, 0.2) is 24.3 Å². The molecule has 0 saturated heterocycles. The van der Waals surface area contributed by atoms with Crippen LogP contribution < -0.4 is 6.15 Å². The predicted octanol–water partition coefficient (Wildman–Crippen LogP) is 3.53. The van der Waals surface area contributed by atoms with Crippen molar-refractivity contribution in [2.24, 2.45) is 0 Å². The van der Waals surface area contributed by atoms with Gasteiger partial charge in [0.25, 0.3) is 0 Å². The zero-order chi connectivity index (χ0) is 8.27. The Hall–Kier alpha value is -0.820. The summed E-state index contributed by atoms with van der Waals surface area (Å²) in [5.41, 5.74) is 2.89. The molecule has 0 bridgehead atoms. The first-order valence-corrected chi connectivity index (χ1v) is 4.33. The highest BCUT2D eigenvalue weighted by Gasteiger charge is 1.97. The van der Waals surface area contributed by atoms with Crippen LogP contribution in [-0.2, 0) is 6.42 Å². The lowest BCUT2D eigenvalue weighted by molar-refractivity contribution is 0.862. The number of aryl methyl sites for hydroxylation is 1. The summed E-state index contributed by atoms with van der Waals surface area (Å²) in [5.74, 6) is 0.654. The lowest BCUT2D eigenvalue weighted by atomic mass is 10.0. The molecule has 0 heterocycles. The quantitative estimate of drug-likeness (QED) is 0.714. The molecule has 0 aromatic heterocycles.